The number of carbonyl (C=O) groups excluding carboxylic acids is 1. The molecule has 1 N–H and O–H groups in total. The highest BCUT2D eigenvalue weighted by Crippen LogP contribution is 2.08. The molecule has 96 valence electrons. The molecule has 0 amide bonds. The number of ketones is 1. The molecule has 2 rings (SSSR count). The zero-order valence-corrected chi connectivity index (χ0v) is 11.3. The molecule has 0 atom stereocenters. The van der Waals surface area contributed by atoms with Crippen molar-refractivity contribution >= 4 is 28.7 Å². The lowest BCUT2D eigenvalue weighted by Crippen LogP contribution is -2.15. The van der Waals surface area contributed by atoms with Crippen LogP contribution >= 0.6 is 12.2 Å². The molecule has 0 bridgehead atoms. The number of hydrogen-bond acceptors (Lipinski definition) is 2. The third kappa shape index (κ3) is 4.64. The third-order valence-corrected chi connectivity index (χ3v) is 2.91. The number of rotatable bonds is 5. The number of para-hydroxylation sites is 1. The molecule has 2 aromatic rings. The molecule has 3 heteroatoms. The quantitative estimate of drug-likeness (QED) is 0.840. The van der Waals surface area contributed by atoms with Gasteiger partial charge in [-0.1, -0.05) is 60.7 Å². The molecule has 0 radical (unpaired) electrons. The van der Waals surface area contributed by atoms with Crippen molar-refractivity contribution in [2.24, 2.45) is 0 Å². The van der Waals surface area contributed by atoms with Gasteiger partial charge in [-0.25, -0.2) is 0 Å². The van der Waals surface area contributed by atoms with Crippen LogP contribution in [-0.4, -0.2) is 10.8 Å². The van der Waals surface area contributed by atoms with Crippen LogP contribution in [0.3, 0.4) is 0 Å². The lowest BCUT2D eigenvalue weighted by atomic mass is 10.1. The molecule has 0 saturated heterocycles. The molecule has 2 nitrogen and oxygen atoms in total. The van der Waals surface area contributed by atoms with E-state index >= 15 is 0 Å². The van der Waals surface area contributed by atoms with Crippen LogP contribution < -0.4 is 5.32 Å². The van der Waals surface area contributed by atoms with Crippen molar-refractivity contribution in [2.45, 2.75) is 12.8 Å². The fraction of sp³-hybridized carbons (Fsp3) is 0.125. The highest BCUT2D eigenvalue weighted by Gasteiger charge is 2.07. The van der Waals surface area contributed by atoms with Crippen LogP contribution in [0.25, 0.3) is 0 Å². The van der Waals surface area contributed by atoms with Gasteiger partial charge in [0, 0.05) is 12.1 Å². The maximum atomic E-state index is 11.9. The SMILES string of the molecule is O=C(CC(=S)Nc1ccccc1)Cc1ccccc1. The topological polar surface area (TPSA) is 29.1 Å². The fourth-order valence-corrected chi connectivity index (χ4v) is 2.07. The van der Waals surface area contributed by atoms with Crippen molar-refractivity contribution < 1.29 is 4.79 Å². The van der Waals surface area contributed by atoms with E-state index in [1.807, 2.05) is 60.7 Å². The Morgan fingerprint density at radius 2 is 1.53 bits per heavy atom. The number of anilines is 1. The summed E-state index contributed by atoms with van der Waals surface area (Å²) in [6, 6.07) is 19.4. The highest BCUT2D eigenvalue weighted by molar-refractivity contribution is 7.80. The Labute approximate surface area is 118 Å². The summed E-state index contributed by atoms with van der Waals surface area (Å²) in [6.45, 7) is 0. The Bertz CT molecular complexity index is 500. The Kier molecular flexibility index (Phi) is 4.81. The van der Waals surface area contributed by atoms with E-state index in [0.29, 0.717) is 11.4 Å². The van der Waals surface area contributed by atoms with E-state index < -0.39 is 0 Å². The molecule has 0 saturated carbocycles. The lowest BCUT2D eigenvalue weighted by molar-refractivity contribution is -0.117. The van der Waals surface area contributed by atoms with Crippen molar-refractivity contribution in [3.05, 3.63) is 66.2 Å². The largest absolute Gasteiger partial charge is 0.350 e. The standard InChI is InChI=1S/C16H15NOS/c18-15(11-13-7-3-1-4-8-13)12-16(19)17-14-9-5-2-6-10-14/h1-10H,11-12H2,(H,17,19). The summed E-state index contributed by atoms with van der Waals surface area (Å²) in [4.78, 5) is 12.4. The fourth-order valence-electron chi connectivity index (χ4n) is 1.79. The molecule has 0 aliphatic rings. The van der Waals surface area contributed by atoms with Crippen LogP contribution in [0.4, 0.5) is 5.69 Å². The summed E-state index contributed by atoms with van der Waals surface area (Å²) in [5.41, 5.74) is 1.94. The van der Waals surface area contributed by atoms with Gasteiger partial charge in [0.15, 0.2) is 0 Å². The third-order valence-electron chi connectivity index (χ3n) is 2.66. The average molecular weight is 269 g/mol. The first-order chi connectivity index (χ1) is 9.24. The van der Waals surface area contributed by atoms with E-state index in [4.69, 9.17) is 12.2 Å². The molecule has 0 aliphatic heterocycles. The van der Waals surface area contributed by atoms with Gasteiger partial charge in [-0.05, 0) is 17.7 Å². The summed E-state index contributed by atoms with van der Waals surface area (Å²) >= 11 is 5.20. The Morgan fingerprint density at radius 1 is 0.947 bits per heavy atom. The summed E-state index contributed by atoms with van der Waals surface area (Å²) in [5.74, 6) is 0.125. The van der Waals surface area contributed by atoms with Gasteiger partial charge in [-0.3, -0.25) is 4.79 Å². The van der Waals surface area contributed by atoms with Gasteiger partial charge in [0.1, 0.15) is 5.78 Å². The molecule has 0 aliphatic carbocycles. The Balaban J connectivity index is 1.84. The number of hydrogen-bond donors (Lipinski definition) is 1. The predicted molar refractivity (Wildman–Crippen MR) is 82.4 cm³/mol. The molecule has 2 aromatic carbocycles. The maximum absolute atomic E-state index is 11.9. The van der Waals surface area contributed by atoms with E-state index in [1.54, 1.807) is 0 Å². The first kappa shape index (κ1) is 13.4. The second-order valence-electron chi connectivity index (χ2n) is 4.29. The normalized spacial score (nSPS) is 9.89. The number of Topliss-reactive ketones (excluding diaryl/α,β-unsaturated/α-hetero) is 1. The number of thiocarbonyl (C=S) groups is 1. The molecular weight excluding hydrogens is 254 g/mol. The predicted octanol–water partition coefficient (Wildman–Crippen LogP) is 3.63. The monoisotopic (exact) mass is 269 g/mol. The first-order valence-corrected chi connectivity index (χ1v) is 6.55. The molecule has 19 heavy (non-hydrogen) atoms. The summed E-state index contributed by atoms with van der Waals surface area (Å²) < 4.78 is 0. The second kappa shape index (κ2) is 6.81. The van der Waals surface area contributed by atoms with E-state index in [-0.39, 0.29) is 12.2 Å². The van der Waals surface area contributed by atoms with E-state index in [2.05, 4.69) is 5.32 Å². The van der Waals surface area contributed by atoms with Crippen LogP contribution in [-0.2, 0) is 11.2 Å². The lowest BCUT2D eigenvalue weighted by Gasteiger charge is -2.07. The Hall–Kier alpha value is -2.00. The van der Waals surface area contributed by atoms with Crippen molar-refractivity contribution in [1.82, 2.24) is 0 Å². The van der Waals surface area contributed by atoms with Gasteiger partial charge in [-0.15, -0.1) is 0 Å². The molecule has 0 fully saturated rings. The zero-order valence-electron chi connectivity index (χ0n) is 10.5. The van der Waals surface area contributed by atoms with Gasteiger partial charge in [0.25, 0.3) is 0 Å². The number of nitrogens with one attached hydrogen (secondary N) is 1. The minimum atomic E-state index is 0.125. The van der Waals surface area contributed by atoms with E-state index in [1.165, 1.54) is 0 Å². The summed E-state index contributed by atoms with van der Waals surface area (Å²) in [5, 5.41) is 3.07. The minimum absolute atomic E-state index is 0.125. The van der Waals surface area contributed by atoms with Gasteiger partial charge >= 0.3 is 0 Å². The molecular formula is C16H15NOS. The van der Waals surface area contributed by atoms with Crippen molar-refractivity contribution in [2.75, 3.05) is 5.32 Å². The summed E-state index contributed by atoms with van der Waals surface area (Å²) in [6.07, 6.45) is 0.705. The molecule has 0 heterocycles. The second-order valence-corrected chi connectivity index (χ2v) is 4.78. The Morgan fingerprint density at radius 3 is 2.16 bits per heavy atom. The number of carbonyl (C=O) groups is 1. The van der Waals surface area contributed by atoms with Gasteiger partial charge in [0.2, 0.25) is 0 Å². The van der Waals surface area contributed by atoms with E-state index in [9.17, 15) is 4.79 Å². The van der Waals surface area contributed by atoms with Crippen LogP contribution in [0.15, 0.2) is 60.7 Å². The van der Waals surface area contributed by atoms with Crippen molar-refractivity contribution in [3.8, 4) is 0 Å². The van der Waals surface area contributed by atoms with Crippen molar-refractivity contribution in [1.29, 1.82) is 0 Å². The van der Waals surface area contributed by atoms with E-state index in [0.717, 1.165) is 11.3 Å². The molecule has 0 spiro atoms. The highest BCUT2D eigenvalue weighted by atomic mass is 32.1. The smallest absolute Gasteiger partial charge is 0.143 e. The first-order valence-electron chi connectivity index (χ1n) is 6.14. The average Bonchev–Trinajstić information content (AvgIpc) is 2.40. The van der Waals surface area contributed by atoms with Gasteiger partial charge in [0.05, 0.1) is 11.4 Å². The van der Waals surface area contributed by atoms with Crippen LogP contribution in [0.1, 0.15) is 12.0 Å². The van der Waals surface area contributed by atoms with Crippen LogP contribution in [0.5, 0.6) is 0 Å². The minimum Gasteiger partial charge on any atom is -0.350 e. The number of benzene rings is 2. The van der Waals surface area contributed by atoms with Crippen molar-refractivity contribution in [3.63, 3.8) is 0 Å². The van der Waals surface area contributed by atoms with Crippen LogP contribution in [0, 0.1) is 0 Å². The van der Waals surface area contributed by atoms with Crippen LogP contribution in [0.2, 0.25) is 0 Å². The maximum Gasteiger partial charge on any atom is 0.143 e. The molecule has 0 aromatic heterocycles. The zero-order chi connectivity index (χ0) is 13.5. The van der Waals surface area contributed by atoms with Gasteiger partial charge in [-0.2, -0.15) is 0 Å². The summed E-state index contributed by atoms with van der Waals surface area (Å²) in [7, 11) is 0. The van der Waals surface area contributed by atoms with Gasteiger partial charge < -0.3 is 5.32 Å². The molecule has 0 unspecified atom stereocenters.